The summed E-state index contributed by atoms with van der Waals surface area (Å²) in [6.45, 7) is 9.09. The molecule has 54 heavy (non-hydrogen) atoms. The molecule has 0 fully saturated rings. The van der Waals surface area contributed by atoms with Gasteiger partial charge < -0.3 is 9.80 Å². The number of ketones is 2. The smallest absolute Gasteiger partial charge is 0.193 e. The quantitative estimate of drug-likeness (QED) is 0.162. The lowest BCUT2D eigenvalue weighted by Gasteiger charge is -2.42. The van der Waals surface area contributed by atoms with Crippen LogP contribution in [0.5, 0.6) is 0 Å². The Morgan fingerprint density at radius 2 is 0.981 bits per heavy atom. The second kappa shape index (κ2) is 12.7. The van der Waals surface area contributed by atoms with E-state index in [9.17, 15) is 9.59 Å². The highest BCUT2D eigenvalue weighted by molar-refractivity contribution is 6.10. The molecule has 4 heteroatoms. The molecule has 4 nitrogen and oxygen atoms in total. The van der Waals surface area contributed by atoms with Gasteiger partial charge in [0.1, 0.15) is 0 Å². The number of hydrogen-bond acceptors (Lipinski definition) is 4. The van der Waals surface area contributed by atoms with Crippen molar-refractivity contribution in [2.45, 2.75) is 44.9 Å². The maximum absolute atomic E-state index is 14.1. The molecule has 3 aliphatic rings. The number of fused-ring (bicyclic) bond motifs is 4. The first-order valence-corrected chi connectivity index (χ1v) is 18.8. The van der Waals surface area contributed by atoms with Crippen molar-refractivity contribution in [1.82, 2.24) is 0 Å². The molecule has 2 heterocycles. The summed E-state index contributed by atoms with van der Waals surface area (Å²) in [6, 6.07) is 49.2. The first-order chi connectivity index (χ1) is 26.1. The molecular formula is C50H42N2O2. The van der Waals surface area contributed by atoms with Crippen LogP contribution >= 0.6 is 0 Å². The van der Waals surface area contributed by atoms with Gasteiger partial charge in [-0.25, -0.2) is 0 Å². The molecule has 1 unspecified atom stereocenters. The van der Waals surface area contributed by atoms with Gasteiger partial charge in [-0.15, -0.1) is 0 Å². The van der Waals surface area contributed by atoms with E-state index < -0.39 is 0 Å². The van der Waals surface area contributed by atoms with E-state index in [1.54, 1.807) is 24.3 Å². The standard InChI is InChI=1S/C50H42N2O2/c1-49(2)39-19-5-9-23-43(39)51(44-24-10-6-20-40(44)49)37-17-13-15-35(31-37)47(53)33-27-29-34(30-28-33)48(54)36-16-14-18-38(32-36)52-45-25-11-7-21-41(45)50(3,4)42-22-8-12-26-46(42)52/h5-15,17-32,36H,16H2,1-4H3. The fraction of sp³-hybridized carbons (Fsp3) is 0.160. The topological polar surface area (TPSA) is 40.6 Å². The van der Waals surface area contributed by atoms with E-state index in [2.05, 4.69) is 159 Å². The van der Waals surface area contributed by atoms with Gasteiger partial charge in [0.05, 0.1) is 22.7 Å². The van der Waals surface area contributed by atoms with Crippen LogP contribution in [-0.4, -0.2) is 11.6 Å². The third kappa shape index (κ3) is 5.28. The number of para-hydroxylation sites is 4. The summed E-state index contributed by atoms with van der Waals surface area (Å²) in [5.41, 5.74) is 12.8. The highest BCUT2D eigenvalue weighted by Gasteiger charge is 2.38. The van der Waals surface area contributed by atoms with Crippen LogP contribution in [0, 0.1) is 5.92 Å². The van der Waals surface area contributed by atoms with Gasteiger partial charge in [-0.2, -0.15) is 0 Å². The van der Waals surface area contributed by atoms with Gasteiger partial charge in [-0.05, 0) is 77.2 Å². The summed E-state index contributed by atoms with van der Waals surface area (Å²) in [5.74, 6) is -0.359. The summed E-state index contributed by atoms with van der Waals surface area (Å²) in [5, 5.41) is 0. The molecule has 0 bridgehead atoms. The first kappa shape index (κ1) is 33.6. The third-order valence-corrected chi connectivity index (χ3v) is 11.7. The van der Waals surface area contributed by atoms with Crippen LogP contribution < -0.4 is 9.80 Å². The average Bonchev–Trinajstić information content (AvgIpc) is 3.21. The molecule has 0 spiro atoms. The molecule has 0 radical (unpaired) electrons. The Morgan fingerprint density at radius 1 is 0.519 bits per heavy atom. The number of anilines is 5. The fourth-order valence-electron chi connectivity index (χ4n) is 8.84. The maximum Gasteiger partial charge on any atom is 0.193 e. The fourth-order valence-corrected chi connectivity index (χ4v) is 8.84. The molecule has 6 aromatic rings. The summed E-state index contributed by atoms with van der Waals surface area (Å²) in [6.07, 6.45) is 6.97. The number of carbonyl (C=O) groups is 2. The summed E-state index contributed by atoms with van der Waals surface area (Å²) >= 11 is 0. The average molecular weight is 703 g/mol. The first-order valence-electron chi connectivity index (χ1n) is 18.8. The van der Waals surface area contributed by atoms with Crippen molar-refractivity contribution in [2.24, 2.45) is 5.92 Å². The predicted molar refractivity (Wildman–Crippen MR) is 220 cm³/mol. The van der Waals surface area contributed by atoms with Crippen molar-refractivity contribution in [3.63, 3.8) is 0 Å². The van der Waals surface area contributed by atoms with E-state index in [4.69, 9.17) is 0 Å². The molecule has 0 amide bonds. The second-order valence-electron chi connectivity index (χ2n) is 15.6. The molecule has 1 aliphatic carbocycles. The Balaban J connectivity index is 0.990. The lowest BCUT2D eigenvalue weighted by atomic mass is 9.73. The highest BCUT2D eigenvalue weighted by Crippen LogP contribution is 2.52. The monoisotopic (exact) mass is 702 g/mol. The number of Topliss-reactive ketones (excluding diaryl/α,β-unsaturated/α-hetero) is 1. The van der Waals surface area contributed by atoms with Gasteiger partial charge in [0.25, 0.3) is 0 Å². The molecule has 0 saturated heterocycles. The third-order valence-electron chi connectivity index (χ3n) is 11.7. The number of allylic oxidation sites excluding steroid dienone is 3. The van der Waals surface area contributed by atoms with Crippen molar-refractivity contribution in [3.8, 4) is 0 Å². The van der Waals surface area contributed by atoms with E-state index in [0.717, 1.165) is 34.1 Å². The minimum Gasteiger partial charge on any atom is -0.310 e. The SMILES string of the molecule is CC1(C)c2ccccc2N(C2=CC(C(=O)c3ccc(C(=O)c4cccc(N5c6ccccc6C(C)(C)c6ccccc65)c4)cc3)CC=C2)c2ccccc21. The normalized spacial score (nSPS) is 17.4. The van der Waals surface area contributed by atoms with E-state index in [1.807, 2.05) is 18.2 Å². The second-order valence-corrected chi connectivity index (χ2v) is 15.6. The maximum atomic E-state index is 14.1. The summed E-state index contributed by atoms with van der Waals surface area (Å²) < 4.78 is 0. The van der Waals surface area contributed by atoms with Crippen molar-refractivity contribution >= 4 is 40.0 Å². The van der Waals surface area contributed by atoms with Crippen LogP contribution in [0.4, 0.5) is 28.4 Å². The minimum absolute atomic E-state index is 0.0436. The molecule has 9 rings (SSSR count). The predicted octanol–water partition coefficient (Wildman–Crippen LogP) is 12.1. The van der Waals surface area contributed by atoms with Crippen LogP contribution in [-0.2, 0) is 10.8 Å². The molecule has 2 aliphatic heterocycles. The Morgan fingerprint density at radius 3 is 1.50 bits per heavy atom. The number of rotatable bonds is 6. The number of carbonyl (C=O) groups excluding carboxylic acids is 2. The molecular weight excluding hydrogens is 661 g/mol. The van der Waals surface area contributed by atoms with Gasteiger partial charge in [0.2, 0.25) is 0 Å². The van der Waals surface area contributed by atoms with Gasteiger partial charge >= 0.3 is 0 Å². The number of hydrogen-bond donors (Lipinski definition) is 0. The molecule has 1 atom stereocenters. The molecule has 0 aromatic heterocycles. The zero-order valence-electron chi connectivity index (χ0n) is 31.1. The van der Waals surface area contributed by atoms with Crippen molar-refractivity contribution in [2.75, 3.05) is 9.80 Å². The van der Waals surface area contributed by atoms with Crippen LogP contribution in [0.1, 0.15) is 82.6 Å². The Labute approximate surface area is 317 Å². The zero-order valence-corrected chi connectivity index (χ0v) is 31.1. The number of benzene rings is 6. The van der Waals surface area contributed by atoms with E-state index in [-0.39, 0.29) is 28.3 Å². The highest BCUT2D eigenvalue weighted by atomic mass is 16.1. The van der Waals surface area contributed by atoms with Crippen molar-refractivity contribution in [3.05, 3.63) is 208 Å². The van der Waals surface area contributed by atoms with Gasteiger partial charge in [-0.3, -0.25) is 9.59 Å². The molecule has 6 aromatic carbocycles. The largest absolute Gasteiger partial charge is 0.310 e. The van der Waals surface area contributed by atoms with Gasteiger partial charge in [0.15, 0.2) is 11.6 Å². The van der Waals surface area contributed by atoms with Gasteiger partial charge in [-0.1, -0.05) is 143 Å². The van der Waals surface area contributed by atoms with E-state index >= 15 is 0 Å². The zero-order chi connectivity index (χ0) is 37.2. The Bertz CT molecular complexity index is 2440. The Kier molecular flexibility index (Phi) is 7.90. The van der Waals surface area contributed by atoms with Crippen LogP contribution in [0.15, 0.2) is 170 Å². The molecule has 264 valence electrons. The van der Waals surface area contributed by atoms with Crippen LogP contribution in [0.3, 0.4) is 0 Å². The lowest BCUT2D eigenvalue weighted by Crippen LogP contribution is -2.33. The number of nitrogens with zero attached hydrogens (tertiary/aromatic N) is 2. The van der Waals surface area contributed by atoms with Crippen molar-refractivity contribution in [1.29, 1.82) is 0 Å². The summed E-state index contributed by atoms with van der Waals surface area (Å²) in [4.78, 5) is 32.6. The van der Waals surface area contributed by atoms with Crippen LogP contribution in [0.2, 0.25) is 0 Å². The lowest BCUT2D eigenvalue weighted by molar-refractivity contribution is 0.0943. The minimum atomic E-state index is -0.322. The van der Waals surface area contributed by atoms with E-state index in [1.165, 1.54) is 22.3 Å². The van der Waals surface area contributed by atoms with Crippen LogP contribution in [0.25, 0.3) is 0 Å². The Hall–Kier alpha value is -6.26. The molecule has 0 N–H and O–H groups in total. The van der Waals surface area contributed by atoms with Gasteiger partial charge in [0, 0.05) is 44.8 Å². The van der Waals surface area contributed by atoms with Crippen molar-refractivity contribution < 1.29 is 9.59 Å². The van der Waals surface area contributed by atoms with E-state index in [0.29, 0.717) is 23.1 Å². The molecule has 0 saturated carbocycles. The summed E-state index contributed by atoms with van der Waals surface area (Å²) in [7, 11) is 0.